The highest BCUT2D eigenvalue weighted by atomic mass is 16.6. The van der Waals surface area contributed by atoms with Crippen molar-refractivity contribution in [1.82, 2.24) is 4.90 Å². The summed E-state index contributed by atoms with van der Waals surface area (Å²) in [6, 6.07) is 0. The van der Waals surface area contributed by atoms with Crippen molar-refractivity contribution >= 4 is 17.5 Å². The van der Waals surface area contributed by atoms with Gasteiger partial charge < -0.3 is 24.6 Å². The minimum absolute atomic E-state index is 0.338. The molecule has 8 heteroatoms. The number of carbonyl (C=O) groups is 1. The van der Waals surface area contributed by atoms with Gasteiger partial charge in [-0.25, -0.2) is 4.79 Å². The Balaban J connectivity index is 1.93. The van der Waals surface area contributed by atoms with E-state index in [0.29, 0.717) is 57.3 Å². The maximum atomic E-state index is 11.9. The highest BCUT2D eigenvalue weighted by Crippen LogP contribution is 2.21. The fraction of sp³-hybridized carbons (Fsp3) is 0.667. The highest BCUT2D eigenvalue weighted by molar-refractivity contribution is 5.76. The van der Waals surface area contributed by atoms with Crippen LogP contribution in [0.5, 0.6) is 0 Å². The molecular weight excluding hydrogens is 302 g/mol. The van der Waals surface area contributed by atoms with Crippen LogP contribution < -0.4 is 21.1 Å². The fourth-order valence-electron chi connectivity index (χ4n) is 2.60. The van der Waals surface area contributed by atoms with Crippen molar-refractivity contribution in [3.63, 3.8) is 0 Å². The molecule has 1 aromatic rings. The molecule has 0 saturated carbocycles. The van der Waals surface area contributed by atoms with Crippen molar-refractivity contribution in [1.29, 1.82) is 0 Å². The van der Waals surface area contributed by atoms with Crippen molar-refractivity contribution in [3.05, 3.63) is 20.4 Å². The van der Waals surface area contributed by atoms with Crippen LogP contribution in [0.1, 0.15) is 13.3 Å². The number of nitrogens with zero attached hydrogens (tertiary/aromatic N) is 2. The molecule has 128 valence electrons. The van der Waals surface area contributed by atoms with Crippen LogP contribution in [-0.2, 0) is 9.47 Å². The molecule has 0 atom stereocenters. The maximum absolute atomic E-state index is 11.9. The minimum Gasteiger partial charge on any atom is -0.450 e. The zero-order valence-corrected chi connectivity index (χ0v) is 13.6. The predicted molar refractivity (Wildman–Crippen MR) is 87.1 cm³/mol. The molecule has 1 aromatic carbocycles. The Morgan fingerprint density at radius 2 is 1.87 bits per heavy atom. The van der Waals surface area contributed by atoms with Crippen molar-refractivity contribution in [2.45, 2.75) is 13.3 Å². The Labute approximate surface area is 134 Å². The predicted octanol–water partition coefficient (Wildman–Crippen LogP) is 0.00950. The summed E-state index contributed by atoms with van der Waals surface area (Å²) < 4.78 is 9.92. The van der Waals surface area contributed by atoms with E-state index in [2.05, 4.69) is 5.32 Å². The summed E-state index contributed by atoms with van der Waals surface area (Å²) in [6.07, 6.45) is 0.417. The first-order valence-electron chi connectivity index (χ1n) is 7.82. The third kappa shape index (κ3) is 3.82. The summed E-state index contributed by atoms with van der Waals surface area (Å²) in [6.45, 7) is 5.24. The van der Waals surface area contributed by atoms with Gasteiger partial charge in [0.1, 0.15) is 11.4 Å². The number of methoxy groups -OCH3 is 1. The van der Waals surface area contributed by atoms with Gasteiger partial charge in [-0.15, -0.1) is 0 Å². The quantitative estimate of drug-likeness (QED) is 0.558. The molecule has 0 unspecified atom stereocenters. The van der Waals surface area contributed by atoms with E-state index in [4.69, 9.17) is 9.47 Å². The van der Waals surface area contributed by atoms with E-state index < -0.39 is 10.9 Å². The number of carbonyl (C=O) groups excluding carboxylic acids is 1. The summed E-state index contributed by atoms with van der Waals surface area (Å²) >= 11 is 0. The Bertz CT molecular complexity index is 600. The van der Waals surface area contributed by atoms with Crippen LogP contribution in [0.4, 0.5) is 16.2 Å². The van der Waals surface area contributed by atoms with E-state index in [1.54, 1.807) is 18.9 Å². The number of ether oxygens (including phenoxy) is 2. The van der Waals surface area contributed by atoms with Gasteiger partial charge in [-0.3, -0.25) is 9.59 Å². The Morgan fingerprint density at radius 3 is 2.48 bits per heavy atom. The summed E-state index contributed by atoms with van der Waals surface area (Å²) in [5.41, 5.74) is -0.0966. The number of piperazine rings is 1. The number of nitrogens with one attached hydrogen (secondary N) is 1. The largest absolute Gasteiger partial charge is 0.450 e. The van der Waals surface area contributed by atoms with E-state index in [9.17, 15) is 14.4 Å². The lowest BCUT2D eigenvalue weighted by Crippen LogP contribution is -2.53. The molecule has 0 aromatic heterocycles. The van der Waals surface area contributed by atoms with Crippen molar-refractivity contribution in [3.8, 4) is 0 Å². The molecule has 23 heavy (non-hydrogen) atoms. The molecule has 2 rings (SSSR count). The second-order valence-corrected chi connectivity index (χ2v) is 5.33. The topological polar surface area (TPSA) is 88.2 Å². The molecule has 1 aliphatic heterocycles. The van der Waals surface area contributed by atoms with Gasteiger partial charge in [0.05, 0.1) is 6.61 Å². The van der Waals surface area contributed by atoms with E-state index in [-0.39, 0.29) is 6.09 Å². The summed E-state index contributed by atoms with van der Waals surface area (Å²) in [4.78, 5) is 38.7. The molecular formula is C15H23N3O5. The van der Waals surface area contributed by atoms with Crippen LogP contribution in [0.3, 0.4) is 0 Å². The smallest absolute Gasteiger partial charge is 0.409 e. The molecule has 1 heterocycles. The molecule has 1 aliphatic rings. The van der Waals surface area contributed by atoms with Gasteiger partial charge >= 0.3 is 6.09 Å². The third-order valence-corrected chi connectivity index (χ3v) is 3.83. The molecule has 0 spiro atoms. The van der Waals surface area contributed by atoms with Crippen LogP contribution in [-0.4, -0.2) is 64.0 Å². The third-order valence-electron chi connectivity index (χ3n) is 3.83. The standard InChI is InChI=1S/C15H23N3O5/c1-3-23-15(21)18-8-6-17(7-9-18)12-11(13(19)14(12)20)16-5-4-10-22-2/h16H,3-10H2,1-2H3. The lowest BCUT2D eigenvalue weighted by Gasteiger charge is -2.36. The van der Waals surface area contributed by atoms with Gasteiger partial charge in [0, 0.05) is 46.4 Å². The zero-order valence-electron chi connectivity index (χ0n) is 13.6. The summed E-state index contributed by atoms with van der Waals surface area (Å²) in [5, 5.41) is 3.02. The van der Waals surface area contributed by atoms with Crippen LogP contribution in [0.2, 0.25) is 0 Å². The van der Waals surface area contributed by atoms with E-state index in [0.717, 1.165) is 6.42 Å². The number of anilines is 2. The van der Waals surface area contributed by atoms with Crippen molar-refractivity contribution < 1.29 is 14.3 Å². The molecule has 0 aliphatic carbocycles. The Morgan fingerprint density at radius 1 is 1.17 bits per heavy atom. The summed E-state index contributed by atoms with van der Waals surface area (Å²) in [5.74, 6) is 0. The summed E-state index contributed by atoms with van der Waals surface area (Å²) in [7, 11) is 1.62. The normalized spacial score (nSPS) is 15.0. The zero-order chi connectivity index (χ0) is 16.8. The molecule has 8 nitrogen and oxygen atoms in total. The Kier molecular flexibility index (Phi) is 5.97. The molecule has 0 radical (unpaired) electrons. The van der Waals surface area contributed by atoms with E-state index >= 15 is 0 Å². The van der Waals surface area contributed by atoms with Gasteiger partial charge in [-0.05, 0) is 13.3 Å². The second kappa shape index (κ2) is 7.96. The molecule has 1 saturated heterocycles. The number of amides is 1. The first-order valence-corrected chi connectivity index (χ1v) is 7.82. The van der Waals surface area contributed by atoms with Crippen LogP contribution in [0.15, 0.2) is 9.59 Å². The first-order chi connectivity index (χ1) is 11.1. The lowest BCUT2D eigenvalue weighted by molar-refractivity contribution is 0.105. The highest BCUT2D eigenvalue weighted by Gasteiger charge is 2.29. The van der Waals surface area contributed by atoms with Gasteiger partial charge in [-0.1, -0.05) is 0 Å². The van der Waals surface area contributed by atoms with Crippen LogP contribution in [0.25, 0.3) is 0 Å². The lowest BCUT2D eigenvalue weighted by atomic mass is 10.1. The van der Waals surface area contributed by atoms with Crippen molar-refractivity contribution in [2.24, 2.45) is 0 Å². The molecule has 1 N–H and O–H groups in total. The fourth-order valence-corrected chi connectivity index (χ4v) is 2.60. The average molecular weight is 325 g/mol. The van der Waals surface area contributed by atoms with Crippen molar-refractivity contribution in [2.75, 3.05) is 63.3 Å². The van der Waals surface area contributed by atoms with Gasteiger partial charge in [0.15, 0.2) is 0 Å². The van der Waals surface area contributed by atoms with Crippen LogP contribution in [0, 0.1) is 0 Å². The van der Waals surface area contributed by atoms with E-state index in [1.807, 2.05) is 4.90 Å². The Hall–Kier alpha value is -2.09. The SMILES string of the molecule is CCOC(=O)N1CCN(c2c(NCCCOC)c(=O)c2=O)CC1. The van der Waals surface area contributed by atoms with Gasteiger partial charge in [0.25, 0.3) is 10.9 Å². The first kappa shape index (κ1) is 17.3. The molecule has 1 amide bonds. The van der Waals surface area contributed by atoms with Gasteiger partial charge in [-0.2, -0.15) is 0 Å². The van der Waals surface area contributed by atoms with Crippen LogP contribution >= 0.6 is 0 Å². The maximum Gasteiger partial charge on any atom is 0.409 e. The monoisotopic (exact) mass is 325 g/mol. The molecule has 0 bridgehead atoms. The molecule has 1 fully saturated rings. The minimum atomic E-state index is -0.467. The number of hydrogen-bond donors (Lipinski definition) is 1. The van der Waals surface area contributed by atoms with Gasteiger partial charge in [0.2, 0.25) is 0 Å². The second-order valence-electron chi connectivity index (χ2n) is 5.33. The number of rotatable bonds is 7. The average Bonchev–Trinajstić information content (AvgIpc) is 2.57. The number of hydrogen-bond acceptors (Lipinski definition) is 7. The van der Waals surface area contributed by atoms with E-state index in [1.165, 1.54) is 0 Å².